The summed E-state index contributed by atoms with van der Waals surface area (Å²) in [5, 5.41) is 0.254. The van der Waals surface area contributed by atoms with E-state index in [4.69, 9.17) is 11.6 Å². The first kappa shape index (κ1) is 11.1. The molecule has 0 radical (unpaired) electrons. The molecule has 0 aliphatic heterocycles. The van der Waals surface area contributed by atoms with Crippen LogP contribution in [0.25, 0.3) is 5.57 Å². The second-order valence-corrected chi connectivity index (χ2v) is 5.55. The summed E-state index contributed by atoms with van der Waals surface area (Å²) in [7, 11) is 0. The molecule has 1 aromatic carbocycles. The van der Waals surface area contributed by atoms with E-state index >= 15 is 0 Å². The van der Waals surface area contributed by atoms with Gasteiger partial charge < -0.3 is 0 Å². The van der Waals surface area contributed by atoms with Gasteiger partial charge in [-0.2, -0.15) is 0 Å². The van der Waals surface area contributed by atoms with Crippen molar-refractivity contribution in [1.29, 1.82) is 0 Å². The molecule has 2 aliphatic rings. The second-order valence-electron chi connectivity index (χ2n) is 5.04. The highest BCUT2D eigenvalue weighted by atomic mass is 35.5. The van der Waals surface area contributed by atoms with Gasteiger partial charge in [-0.05, 0) is 30.9 Å². The highest BCUT2D eigenvalue weighted by Gasteiger charge is 2.39. The van der Waals surface area contributed by atoms with Crippen LogP contribution in [0, 0.1) is 11.8 Å². The topological polar surface area (TPSA) is 0 Å². The number of benzene rings is 1. The molecule has 0 saturated heterocycles. The molecule has 0 amide bonds. The van der Waals surface area contributed by atoms with Crippen LogP contribution < -0.4 is 0 Å². The number of halogens is 1. The van der Waals surface area contributed by atoms with Crippen LogP contribution >= 0.6 is 11.6 Å². The van der Waals surface area contributed by atoms with Crippen molar-refractivity contribution in [2.24, 2.45) is 11.8 Å². The van der Waals surface area contributed by atoms with Crippen LogP contribution in [0.2, 0.25) is 0 Å². The molecule has 3 rings (SSSR count). The summed E-state index contributed by atoms with van der Waals surface area (Å²) in [4.78, 5) is 0. The summed E-state index contributed by atoms with van der Waals surface area (Å²) in [5.74, 6) is 0.971. The largest absolute Gasteiger partial charge is 0.121 e. The van der Waals surface area contributed by atoms with E-state index < -0.39 is 0 Å². The van der Waals surface area contributed by atoms with Crippen molar-refractivity contribution in [1.82, 2.24) is 0 Å². The average molecular weight is 245 g/mol. The molecule has 0 nitrogen and oxygen atoms in total. The van der Waals surface area contributed by atoms with Crippen LogP contribution in [0.15, 0.2) is 48.1 Å². The summed E-state index contributed by atoms with van der Waals surface area (Å²) in [5.41, 5.74) is 4.33. The van der Waals surface area contributed by atoms with Gasteiger partial charge in [0.25, 0.3) is 0 Å². The molecular weight excluding hydrogens is 228 g/mol. The van der Waals surface area contributed by atoms with Gasteiger partial charge in [-0.25, -0.2) is 0 Å². The monoisotopic (exact) mass is 244 g/mol. The van der Waals surface area contributed by atoms with Gasteiger partial charge in [-0.3, -0.25) is 0 Å². The third-order valence-corrected chi connectivity index (χ3v) is 4.67. The number of alkyl halides is 1. The molecule has 1 aromatic rings. The Labute approximate surface area is 108 Å². The second kappa shape index (κ2) is 4.34. The number of fused-ring (bicyclic) bond motifs is 2. The number of allylic oxidation sites excluding steroid dienone is 4. The summed E-state index contributed by atoms with van der Waals surface area (Å²) in [6.45, 7) is 2.25. The maximum absolute atomic E-state index is 6.63. The van der Waals surface area contributed by atoms with E-state index in [1.54, 1.807) is 0 Å². The summed E-state index contributed by atoms with van der Waals surface area (Å²) in [6.07, 6.45) is 6.95. The lowest BCUT2D eigenvalue weighted by molar-refractivity contribution is 0.575. The van der Waals surface area contributed by atoms with E-state index in [2.05, 4.69) is 49.4 Å². The molecule has 3 unspecified atom stereocenters. The minimum absolute atomic E-state index is 0.254. The fourth-order valence-corrected chi connectivity index (χ4v) is 3.78. The molecule has 0 fully saturated rings. The van der Waals surface area contributed by atoms with Crippen molar-refractivity contribution in [3.63, 3.8) is 0 Å². The number of hydrogen-bond acceptors (Lipinski definition) is 0. The molecule has 17 heavy (non-hydrogen) atoms. The van der Waals surface area contributed by atoms with E-state index in [1.165, 1.54) is 23.1 Å². The quantitative estimate of drug-likeness (QED) is 0.498. The SMILES string of the molecule is CC1=C(c2ccccc2)C2CCC=CC1C2Cl. The fourth-order valence-electron chi connectivity index (χ4n) is 3.25. The van der Waals surface area contributed by atoms with Gasteiger partial charge in [0.05, 0.1) is 5.38 Å². The van der Waals surface area contributed by atoms with Gasteiger partial charge in [0.2, 0.25) is 0 Å². The molecule has 88 valence electrons. The standard InChI is InChI=1S/C16H17Cl/c1-11-13-9-5-6-10-14(16(13)17)15(11)12-7-3-2-4-8-12/h2-5,7-9,13-14,16H,6,10H2,1H3. The van der Waals surface area contributed by atoms with Crippen molar-refractivity contribution >= 4 is 17.2 Å². The van der Waals surface area contributed by atoms with Crippen LogP contribution in [0.1, 0.15) is 25.3 Å². The first-order valence-electron chi connectivity index (χ1n) is 6.36. The van der Waals surface area contributed by atoms with Gasteiger partial charge >= 0.3 is 0 Å². The lowest BCUT2D eigenvalue weighted by atomic mass is 9.90. The predicted molar refractivity (Wildman–Crippen MR) is 74.0 cm³/mol. The first-order valence-corrected chi connectivity index (χ1v) is 6.79. The lowest BCUT2D eigenvalue weighted by Gasteiger charge is -2.18. The summed E-state index contributed by atoms with van der Waals surface area (Å²) in [6, 6.07) is 10.7. The van der Waals surface area contributed by atoms with Crippen molar-refractivity contribution in [2.75, 3.05) is 0 Å². The first-order chi connectivity index (χ1) is 8.29. The Hall–Kier alpha value is -1.01. The van der Waals surface area contributed by atoms with E-state index in [-0.39, 0.29) is 5.38 Å². The Balaban J connectivity index is 2.10. The van der Waals surface area contributed by atoms with Crippen LogP contribution in [0.5, 0.6) is 0 Å². The van der Waals surface area contributed by atoms with Gasteiger partial charge in [-0.15, -0.1) is 11.6 Å². The van der Waals surface area contributed by atoms with E-state index in [1.807, 2.05) is 0 Å². The highest BCUT2D eigenvalue weighted by molar-refractivity contribution is 6.22. The maximum Gasteiger partial charge on any atom is 0.0504 e. The van der Waals surface area contributed by atoms with E-state index in [0.29, 0.717) is 11.8 Å². The molecule has 0 saturated carbocycles. The molecule has 0 spiro atoms. The van der Waals surface area contributed by atoms with E-state index in [9.17, 15) is 0 Å². The Bertz CT molecular complexity index is 470. The van der Waals surface area contributed by atoms with Gasteiger partial charge in [0.1, 0.15) is 0 Å². The zero-order valence-corrected chi connectivity index (χ0v) is 10.8. The third-order valence-electron chi connectivity index (χ3n) is 4.10. The lowest BCUT2D eigenvalue weighted by Crippen LogP contribution is -2.15. The van der Waals surface area contributed by atoms with Crippen LogP contribution in [-0.2, 0) is 0 Å². The average Bonchev–Trinajstić information content (AvgIpc) is 2.49. The molecule has 3 atom stereocenters. The van der Waals surface area contributed by atoms with Gasteiger partial charge in [0, 0.05) is 11.8 Å². The third kappa shape index (κ3) is 1.75. The minimum atomic E-state index is 0.254. The molecule has 2 bridgehead atoms. The predicted octanol–water partition coefficient (Wildman–Crippen LogP) is 4.66. The van der Waals surface area contributed by atoms with Crippen molar-refractivity contribution in [3.05, 3.63) is 53.6 Å². The molecule has 0 aromatic heterocycles. The summed E-state index contributed by atoms with van der Waals surface area (Å²) >= 11 is 6.63. The smallest absolute Gasteiger partial charge is 0.0504 e. The fraction of sp³-hybridized carbons (Fsp3) is 0.375. The molecule has 2 aliphatic carbocycles. The summed E-state index contributed by atoms with van der Waals surface area (Å²) < 4.78 is 0. The Morgan fingerprint density at radius 2 is 1.94 bits per heavy atom. The molecular formula is C16H17Cl. The van der Waals surface area contributed by atoms with Crippen LogP contribution in [0.3, 0.4) is 0 Å². The highest BCUT2D eigenvalue weighted by Crippen LogP contribution is 2.49. The van der Waals surface area contributed by atoms with Crippen LogP contribution in [0.4, 0.5) is 0 Å². The zero-order chi connectivity index (χ0) is 11.8. The van der Waals surface area contributed by atoms with Crippen LogP contribution in [-0.4, -0.2) is 5.38 Å². The maximum atomic E-state index is 6.63. The number of hydrogen-bond donors (Lipinski definition) is 0. The van der Waals surface area contributed by atoms with E-state index in [0.717, 1.165) is 6.42 Å². The van der Waals surface area contributed by atoms with Gasteiger partial charge in [-0.1, -0.05) is 48.1 Å². The molecule has 0 N–H and O–H groups in total. The normalized spacial score (nSPS) is 31.8. The van der Waals surface area contributed by atoms with Crippen molar-refractivity contribution in [3.8, 4) is 0 Å². The van der Waals surface area contributed by atoms with Crippen molar-refractivity contribution in [2.45, 2.75) is 25.1 Å². The Morgan fingerprint density at radius 1 is 1.18 bits per heavy atom. The van der Waals surface area contributed by atoms with Crippen molar-refractivity contribution < 1.29 is 0 Å². The Morgan fingerprint density at radius 3 is 2.71 bits per heavy atom. The molecule has 0 heterocycles. The Kier molecular flexibility index (Phi) is 2.84. The minimum Gasteiger partial charge on any atom is -0.121 e. The zero-order valence-electron chi connectivity index (χ0n) is 10.1. The molecule has 1 heteroatoms. The number of rotatable bonds is 1. The van der Waals surface area contributed by atoms with Gasteiger partial charge in [0.15, 0.2) is 0 Å².